The molecule has 1 atom stereocenters. The van der Waals surface area contributed by atoms with E-state index >= 15 is 0 Å². The number of sulfonamides is 1. The van der Waals surface area contributed by atoms with Gasteiger partial charge in [0.25, 0.3) is 0 Å². The van der Waals surface area contributed by atoms with E-state index in [1.807, 2.05) is 30.3 Å². The Morgan fingerprint density at radius 1 is 1.19 bits per heavy atom. The van der Waals surface area contributed by atoms with E-state index in [1.165, 1.54) is 4.31 Å². The third-order valence-electron chi connectivity index (χ3n) is 4.88. The standard InChI is InChI=1S/C20H26N2O4S/c23-20(21-15-19-11-5-13-26-19)18-10-4-12-22(16-18)27(24,25)14-6-9-17-7-2-1-3-8-17/h1-3,5,7-8,11,13,18H,4,6,9-10,12,14-16H2,(H,21,23)/t18-/m0/s1. The molecule has 6 nitrogen and oxygen atoms in total. The van der Waals surface area contributed by atoms with E-state index in [-0.39, 0.29) is 24.1 Å². The van der Waals surface area contributed by atoms with Gasteiger partial charge in [-0.25, -0.2) is 12.7 Å². The third kappa shape index (κ3) is 5.68. The van der Waals surface area contributed by atoms with Gasteiger partial charge in [0.2, 0.25) is 15.9 Å². The monoisotopic (exact) mass is 390 g/mol. The summed E-state index contributed by atoms with van der Waals surface area (Å²) in [7, 11) is -3.34. The summed E-state index contributed by atoms with van der Waals surface area (Å²) in [4.78, 5) is 12.4. The summed E-state index contributed by atoms with van der Waals surface area (Å²) < 4.78 is 32.0. The van der Waals surface area contributed by atoms with Crippen LogP contribution in [0, 0.1) is 5.92 Å². The number of aryl methyl sites for hydroxylation is 1. The fourth-order valence-corrected chi connectivity index (χ4v) is 4.95. The van der Waals surface area contributed by atoms with E-state index in [0.717, 1.165) is 12.0 Å². The predicted molar refractivity (Wildman–Crippen MR) is 103 cm³/mol. The number of carbonyl (C=O) groups is 1. The normalized spacial score (nSPS) is 18.3. The van der Waals surface area contributed by atoms with Crippen molar-refractivity contribution in [3.8, 4) is 0 Å². The van der Waals surface area contributed by atoms with Crippen LogP contribution in [-0.2, 0) is 27.8 Å². The first-order chi connectivity index (χ1) is 13.0. The van der Waals surface area contributed by atoms with E-state index in [4.69, 9.17) is 4.42 Å². The van der Waals surface area contributed by atoms with E-state index in [0.29, 0.717) is 38.1 Å². The number of carbonyl (C=O) groups excluding carboxylic acids is 1. The smallest absolute Gasteiger partial charge is 0.224 e. The lowest BCUT2D eigenvalue weighted by molar-refractivity contribution is -0.126. The summed E-state index contributed by atoms with van der Waals surface area (Å²) in [6, 6.07) is 13.4. The van der Waals surface area contributed by atoms with Gasteiger partial charge in [0, 0.05) is 13.1 Å². The van der Waals surface area contributed by atoms with Crippen molar-refractivity contribution in [2.75, 3.05) is 18.8 Å². The van der Waals surface area contributed by atoms with Crippen LogP contribution in [0.25, 0.3) is 0 Å². The number of rotatable bonds is 8. The van der Waals surface area contributed by atoms with Crippen molar-refractivity contribution in [3.63, 3.8) is 0 Å². The first-order valence-electron chi connectivity index (χ1n) is 9.36. The van der Waals surface area contributed by atoms with Crippen molar-refractivity contribution in [2.24, 2.45) is 5.92 Å². The summed E-state index contributed by atoms with van der Waals surface area (Å²) in [6.45, 7) is 1.08. The van der Waals surface area contributed by atoms with Gasteiger partial charge < -0.3 is 9.73 Å². The van der Waals surface area contributed by atoms with Crippen molar-refractivity contribution in [1.29, 1.82) is 0 Å². The summed E-state index contributed by atoms with van der Waals surface area (Å²) >= 11 is 0. The lowest BCUT2D eigenvalue weighted by atomic mass is 9.99. The predicted octanol–water partition coefficient (Wildman–Crippen LogP) is 2.57. The van der Waals surface area contributed by atoms with Crippen LogP contribution in [0.3, 0.4) is 0 Å². The van der Waals surface area contributed by atoms with Gasteiger partial charge in [0.05, 0.1) is 24.5 Å². The number of amides is 1. The molecule has 7 heteroatoms. The molecular weight excluding hydrogens is 364 g/mol. The molecule has 0 radical (unpaired) electrons. The number of hydrogen-bond acceptors (Lipinski definition) is 4. The van der Waals surface area contributed by atoms with Crippen LogP contribution in [0.15, 0.2) is 53.1 Å². The molecule has 1 aromatic carbocycles. The zero-order valence-corrected chi connectivity index (χ0v) is 16.2. The first-order valence-corrected chi connectivity index (χ1v) is 11.0. The molecule has 1 amide bonds. The van der Waals surface area contributed by atoms with Gasteiger partial charge in [0.1, 0.15) is 5.76 Å². The van der Waals surface area contributed by atoms with Gasteiger partial charge in [0.15, 0.2) is 0 Å². The number of nitrogens with zero attached hydrogens (tertiary/aromatic N) is 1. The molecule has 0 saturated carbocycles. The molecule has 0 aliphatic carbocycles. The average Bonchev–Trinajstić information content (AvgIpc) is 3.20. The Morgan fingerprint density at radius 3 is 2.74 bits per heavy atom. The Kier molecular flexibility index (Phi) is 6.68. The topological polar surface area (TPSA) is 79.6 Å². The Morgan fingerprint density at radius 2 is 2.00 bits per heavy atom. The molecule has 1 fully saturated rings. The van der Waals surface area contributed by atoms with E-state index in [1.54, 1.807) is 18.4 Å². The first kappa shape index (κ1) is 19.6. The average molecular weight is 391 g/mol. The second-order valence-electron chi connectivity index (χ2n) is 6.90. The molecule has 1 aliphatic heterocycles. The van der Waals surface area contributed by atoms with Gasteiger partial charge in [-0.05, 0) is 43.4 Å². The maximum Gasteiger partial charge on any atom is 0.224 e. The fourth-order valence-electron chi connectivity index (χ4n) is 3.37. The highest BCUT2D eigenvalue weighted by atomic mass is 32.2. The van der Waals surface area contributed by atoms with Crippen LogP contribution in [0.2, 0.25) is 0 Å². The molecular formula is C20H26N2O4S. The van der Waals surface area contributed by atoms with Gasteiger partial charge in [-0.15, -0.1) is 0 Å². The number of piperidine rings is 1. The minimum absolute atomic E-state index is 0.114. The highest BCUT2D eigenvalue weighted by Gasteiger charge is 2.31. The zero-order valence-electron chi connectivity index (χ0n) is 15.3. The van der Waals surface area contributed by atoms with Gasteiger partial charge in [-0.2, -0.15) is 0 Å². The summed E-state index contributed by atoms with van der Waals surface area (Å²) in [5.41, 5.74) is 1.14. The number of benzene rings is 1. The van der Waals surface area contributed by atoms with Crippen molar-refractivity contribution in [1.82, 2.24) is 9.62 Å². The van der Waals surface area contributed by atoms with Crippen LogP contribution in [-0.4, -0.2) is 37.5 Å². The molecule has 27 heavy (non-hydrogen) atoms. The minimum atomic E-state index is -3.34. The highest BCUT2D eigenvalue weighted by Crippen LogP contribution is 2.20. The van der Waals surface area contributed by atoms with Crippen molar-refractivity contribution in [2.45, 2.75) is 32.2 Å². The second kappa shape index (κ2) is 9.19. The lowest BCUT2D eigenvalue weighted by Gasteiger charge is -2.31. The molecule has 1 saturated heterocycles. The summed E-state index contributed by atoms with van der Waals surface area (Å²) in [5, 5.41) is 2.84. The van der Waals surface area contributed by atoms with Crippen LogP contribution in [0.4, 0.5) is 0 Å². The molecule has 1 aliphatic rings. The van der Waals surface area contributed by atoms with Crippen LogP contribution >= 0.6 is 0 Å². The number of furan rings is 1. The minimum Gasteiger partial charge on any atom is -0.467 e. The van der Waals surface area contributed by atoms with Crippen LogP contribution in [0.5, 0.6) is 0 Å². The fraction of sp³-hybridized carbons (Fsp3) is 0.450. The molecule has 0 bridgehead atoms. The molecule has 0 spiro atoms. The maximum atomic E-state index is 12.7. The highest BCUT2D eigenvalue weighted by molar-refractivity contribution is 7.89. The van der Waals surface area contributed by atoms with Crippen molar-refractivity contribution in [3.05, 3.63) is 60.1 Å². The Balaban J connectivity index is 1.49. The van der Waals surface area contributed by atoms with E-state index < -0.39 is 10.0 Å². The third-order valence-corrected chi connectivity index (χ3v) is 6.80. The molecule has 1 aromatic heterocycles. The van der Waals surface area contributed by atoms with Crippen LogP contribution in [0.1, 0.15) is 30.6 Å². The zero-order chi connectivity index (χ0) is 19.1. The summed E-state index contributed by atoms with van der Waals surface area (Å²) in [6.07, 6.45) is 4.29. The molecule has 2 aromatic rings. The second-order valence-corrected chi connectivity index (χ2v) is 8.99. The number of hydrogen-bond donors (Lipinski definition) is 1. The maximum absolute atomic E-state index is 12.7. The van der Waals surface area contributed by atoms with Crippen LogP contribution < -0.4 is 5.32 Å². The lowest BCUT2D eigenvalue weighted by Crippen LogP contribution is -2.46. The van der Waals surface area contributed by atoms with Crippen molar-refractivity contribution >= 4 is 15.9 Å². The largest absolute Gasteiger partial charge is 0.467 e. The van der Waals surface area contributed by atoms with Crippen molar-refractivity contribution < 1.29 is 17.6 Å². The van der Waals surface area contributed by atoms with Gasteiger partial charge >= 0.3 is 0 Å². The van der Waals surface area contributed by atoms with E-state index in [9.17, 15) is 13.2 Å². The molecule has 1 N–H and O–H groups in total. The van der Waals surface area contributed by atoms with E-state index in [2.05, 4.69) is 5.32 Å². The molecule has 3 rings (SSSR count). The Hall–Kier alpha value is -2.12. The quantitative estimate of drug-likeness (QED) is 0.751. The summed E-state index contributed by atoms with van der Waals surface area (Å²) in [5.74, 6) is 0.376. The van der Waals surface area contributed by atoms with Gasteiger partial charge in [-0.1, -0.05) is 30.3 Å². The molecule has 146 valence electrons. The Labute approximate surface area is 160 Å². The SMILES string of the molecule is O=C(NCc1ccco1)[C@H]1CCCN(S(=O)(=O)CCCc2ccccc2)C1. The Bertz CT molecular complexity index is 819. The molecule has 0 unspecified atom stereocenters. The van der Waals surface area contributed by atoms with Gasteiger partial charge in [-0.3, -0.25) is 4.79 Å². The number of nitrogens with one attached hydrogen (secondary N) is 1. The molecule has 2 heterocycles.